The largest absolute Gasteiger partial charge is 0.493 e. The van der Waals surface area contributed by atoms with Gasteiger partial charge in [0.15, 0.2) is 11.5 Å². The fraction of sp³-hybridized carbons (Fsp3) is 0.259. The maximum Gasteiger partial charge on any atom is 0.264 e. The van der Waals surface area contributed by atoms with Crippen LogP contribution in [0, 0.1) is 5.82 Å². The van der Waals surface area contributed by atoms with Crippen LogP contribution < -0.4 is 19.1 Å². The van der Waals surface area contributed by atoms with Crippen LogP contribution in [0.1, 0.15) is 12.5 Å². The standard InChI is InChI=1S/C27H29ClFN3O6S/c1-18(27(34)30-2)31(16-19-6-5-7-20(28)14-19)26(33)17-32(22-10-8-21(29)9-11-22)39(35,36)23-12-13-24(37-3)25(15-23)38-4/h5-15,18H,16-17H2,1-4H3,(H,30,34)/t18-/m1/s1. The Morgan fingerprint density at radius 2 is 1.67 bits per heavy atom. The van der Waals surface area contributed by atoms with Crippen molar-refractivity contribution in [3.63, 3.8) is 0 Å². The van der Waals surface area contributed by atoms with Gasteiger partial charge in [0.1, 0.15) is 18.4 Å². The monoisotopic (exact) mass is 577 g/mol. The molecule has 0 aliphatic rings. The third-order valence-corrected chi connectivity index (χ3v) is 8.00. The van der Waals surface area contributed by atoms with Crippen LogP contribution in [0.5, 0.6) is 11.5 Å². The summed E-state index contributed by atoms with van der Waals surface area (Å²) in [6.07, 6.45) is 0. The number of benzene rings is 3. The van der Waals surface area contributed by atoms with E-state index in [2.05, 4.69) is 5.32 Å². The Balaban J connectivity index is 2.07. The van der Waals surface area contributed by atoms with Crippen LogP contribution >= 0.6 is 11.6 Å². The van der Waals surface area contributed by atoms with Crippen LogP contribution in [0.3, 0.4) is 0 Å². The van der Waals surface area contributed by atoms with Gasteiger partial charge in [-0.1, -0.05) is 23.7 Å². The van der Waals surface area contributed by atoms with Gasteiger partial charge in [0.05, 0.1) is 24.8 Å². The molecule has 12 heteroatoms. The Hall–Kier alpha value is -3.83. The maximum atomic E-state index is 13.9. The summed E-state index contributed by atoms with van der Waals surface area (Å²) >= 11 is 6.11. The van der Waals surface area contributed by atoms with E-state index in [0.717, 1.165) is 16.4 Å². The van der Waals surface area contributed by atoms with Gasteiger partial charge in [0.2, 0.25) is 11.8 Å². The zero-order valence-corrected chi connectivity index (χ0v) is 23.4. The van der Waals surface area contributed by atoms with E-state index in [0.29, 0.717) is 16.3 Å². The summed E-state index contributed by atoms with van der Waals surface area (Å²) in [5, 5.41) is 2.95. The second-order valence-corrected chi connectivity index (χ2v) is 10.7. The molecule has 0 aliphatic heterocycles. The smallest absolute Gasteiger partial charge is 0.264 e. The van der Waals surface area contributed by atoms with E-state index in [1.54, 1.807) is 24.3 Å². The van der Waals surface area contributed by atoms with Crippen molar-refractivity contribution in [2.45, 2.75) is 24.4 Å². The number of carbonyl (C=O) groups is 2. The Labute approximate surface area is 232 Å². The third-order valence-electron chi connectivity index (χ3n) is 5.99. The molecule has 39 heavy (non-hydrogen) atoms. The number of ether oxygens (including phenoxy) is 2. The van der Waals surface area contributed by atoms with Crippen LogP contribution in [-0.2, 0) is 26.2 Å². The van der Waals surface area contributed by atoms with Crippen LogP contribution in [0.25, 0.3) is 0 Å². The molecular formula is C27H29ClFN3O6S. The minimum absolute atomic E-state index is 0.0123. The van der Waals surface area contributed by atoms with E-state index in [1.807, 2.05) is 0 Å². The van der Waals surface area contributed by atoms with Crippen molar-refractivity contribution >= 4 is 39.1 Å². The van der Waals surface area contributed by atoms with Crippen molar-refractivity contribution in [2.24, 2.45) is 0 Å². The maximum absolute atomic E-state index is 13.9. The van der Waals surface area contributed by atoms with Gasteiger partial charge in [0.25, 0.3) is 10.0 Å². The SMILES string of the molecule is CNC(=O)[C@@H](C)N(Cc1cccc(Cl)c1)C(=O)CN(c1ccc(F)cc1)S(=O)(=O)c1ccc(OC)c(OC)c1. The van der Waals surface area contributed by atoms with Crippen molar-refractivity contribution in [3.8, 4) is 11.5 Å². The Morgan fingerprint density at radius 1 is 1.00 bits per heavy atom. The number of nitrogens with zero attached hydrogens (tertiary/aromatic N) is 2. The predicted octanol–water partition coefficient (Wildman–Crippen LogP) is 3.85. The van der Waals surface area contributed by atoms with Gasteiger partial charge in [-0.25, -0.2) is 12.8 Å². The molecule has 3 aromatic carbocycles. The van der Waals surface area contributed by atoms with E-state index < -0.39 is 40.2 Å². The highest BCUT2D eigenvalue weighted by atomic mass is 35.5. The molecule has 0 heterocycles. The first-order valence-electron chi connectivity index (χ1n) is 11.8. The number of sulfonamides is 1. The summed E-state index contributed by atoms with van der Waals surface area (Å²) in [6, 6.07) is 14.5. The average molecular weight is 578 g/mol. The zero-order chi connectivity index (χ0) is 28.7. The molecule has 0 saturated carbocycles. The highest BCUT2D eigenvalue weighted by Gasteiger charge is 2.33. The van der Waals surface area contributed by atoms with Gasteiger partial charge in [-0.3, -0.25) is 13.9 Å². The van der Waals surface area contributed by atoms with Crippen molar-refractivity contribution < 1.29 is 31.9 Å². The molecule has 3 aromatic rings. The number of anilines is 1. The van der Waals surface area contributed by atoms with E-state index >= 15 is 0 Å². The molecule has 0 radical (unpaired) electrons. The summed E-state index contributed by atoms with van der Waals surface area (Å²) in [4.78, 5) is 27.3. The first-order chi connectivity index (χ1) is 18.5. The number of likely N-dealkylation sites (N-methyl/N-ethyl adjacent to an activating group) is 1. The normalized spacial score (nSPS) is 11.8. The van der Waals surface area contributed by atoms with Crippen molar-refractivity contribution in [2.75, 3.05) is 32.1 Å². The van der Waals surface area contributed by atoms with Crippen LogP contribution in [0.15, 0.2) is 71.6 Å². The van der Waals surface area contributed by atoms with Crippen molar-refractivity contribution in [1.29, 1.82) is 0 Å². The molecule has 0 aliphatic carbocycles. The lowest BCUT2D eigenvalue weighted by Crippen LogP contribution is -2.50. The molecular weight excluding hydrogens is 549 g/mol. The Kier molecular flexibility index (Phi) is 9.76. The predicted molar refractivity (Wildman–Crippen MR) is 146 cm³/mol. The molecule has 0 unspecified atom stereocenters. The lowest BCUT2D eigenvalue weighted by atomic mass is 10.1. The Bertz CT molecular complexity index is 1440. The number of hydrogen-bond acceptors (Lipinski definition) is 6. The first kappa shape index (κ1) is 29.7. The molecule has 3 rings (SSSR count). The second kappa shape index (κ2) is 12.8. The Morgan fingerprint density at radius 3 is 2.26 bits per heavy atom. The number of rotatable bonds is 11. The van der Waals surface area contributed by atoms with Crippen LogP contribution in [0.2, 0.25) is 5.02 Å². The van der Waals surface area contributed by atoms with Gasteiger partial charge in [0, 0.05) is 24.7 Å². The summed E-state index contributed by atoms with van der Waals surface area (Å²) in [5.41, 5.74) is 0.692. The summed E-state index contributed by atoms with van der Waals surface area (Å²) < 4.78 is 52.8. The van der Waals surface area contributed by atoms with Gasteiger partial charge in [-0.2, -0.15) is 0 Å². The zero-order valence-electron chi connectivity index (χ0n) is 21.9. The molecule has 9 nitrogen and oxygen atoms in total. The van der Waals surface area contributed by atoms with Gasteiger partial charge >= 0.3 is 0 Å². The van der Waals surface area contributed by atoms with Crippen molar-refractivity contribution in [1.82, 2.24) is 10.2 Å². The number of hydrogen-bond donors (Lipinski definition) is 1. The number of methoxy groups -OCH3 is 2. The fourth-order valence-electron chi connectivity index (χ4n) is 3.86. The van der Waals surface area contributed by atoms with Gasteiger partial charge < -0.3 is 19.7 Å². The summed E-state index contributed by atoms with van der Waals surface area (Å²) in [6.45, 7) is 0.845. The fourth-order valence-corrected chi connectivity index (χ4v) is 5.51. The summed E-state index contributed by atoms with van der Waals surface area (Å²) in [7, 11) is -0.162. The number of amides is 2. The molecule has 0 aromatic heterocycles. The van der Waals surface area contributed by atoms with E-state index in [9.17, 15) is 22.4 Å². The molecule has 1 atom stereocenters. The highest BCUT2D eigenvalue weighted by Crippen LogP contribution is 2.32. The second-order valence-electron chi connectivity index (χ2n) is 8.45. The number of halogens is 2. The molecule has 2 amide bonds. The van der Waals surface area contributed by atoms with E-state index in [4.69, 9.17) is 21.1 Å². The number of carbonyl (C=O) groups excluding carboxylic acids is 2. The third kappa shape index (κ3) is 6.98. The molecule has 208 valence electrons. The molecule has 0 bridgehead atoms. The lowest BCUT2D eigenvalue weighted by molar-refractivity contribution is -0.139. The molecule has 0 spiro atoms. The molecule has 1 N–H and O–H groups in total. The molecule has 0 saturated heterocycles. The average Bonchev–Trinajstić information content (AvgIpc) is 2.93. The summed E-state index contributed by atoms with van der Waals surface area (Å²) in [5.74, 6) is -1.21. The highest BCUT2D eigenvalue weighted by molar-refractivity contribution is 7.92. The van der Waals surface area contributed by atoms with Crippen LogP contribution in [0.4, 0.5) is 10.1 Å². The number of nitrogens with one attached hydrogen (secondary N) is 1. The minimum Gasteiger partial charge on any atom is -0.493 e. The van der Waals surface area contributed by atoms with Crippen molar-refractivity contribution in [3.05, 3.63) is 83.1 Å². The van der Waals surface area contributed by atoms with Gasteiger partial charge in [-0.05, 0) is 61.0 Å². The lowest BCUT2D eigenvalue weighted by Gasteiger charge is -2.31. The molecule has 0 fully saturated rings. The minimum atomic E-state index is -4.38. The van der Waals surface area contributed by atoms with E-state index in [-0.39, 0.29) is 22.9 Å². The topological polar surface area (TPSA) is 105 Å². The first-order valence-corrected chi connectivity index (χ1v) is 13.6. The van der Waals surface area contributed by atoms with E-state index in [1.165, 1.54) is 63.4 Å². The van der Waals surface area contributed by atoms with Crippen LogP contribution in [-0.4, -0.2) is 59.0 Å². The van der Waals surface area contributed by atoms with Gasteiger partial charge in [-0.15, -0.1) is 0 Å². The quantitative estimate of drug-likeness (QED) is 0.371.